The van der Waals surface area contributed by atoms with Gasteiger partial charge in [0.15, 0.2) is 0 Å². The second-order valence-electron chi connectivity index (χ2n) is 4.29. The van der Waals surface area contributed by atoms with Gasteiger partial charge in [-0.1, -0.05) is 26.0 Å². The third-order valence-electron chi connectivity index (χ3n) is 1.42. The first kappa shape index (κ1) is 10.7. The molecule has 0 aliphatic carbocycles. The van der Waals surface area contributed by atoms with Crippen molar-refractivity contribution in [3.63, 3.8) is 0 Å². The minimum absolute atomic E-state index is 0.0481. The second-order valence-corrected chi connectivity index (χ2v) is 4.29. The van der Waals surface area contributed by atoms with Gasteiger partial charge in [0.05, 0.1) is 0 Å². The van der Waals surface area contributed by atoms with E-state index in [4.69, 9.17) is 5.73 Å². The van der Waals surface area contributed by atoms with Gasteiger partial charge >= 0.3 is 0 Å². The van der Waals surface area contributed by atoms with Crippen LogP contribution >= 0.6 is 0 Å². The molecule has 0 atom stereocenters. The summed E-state index contributed by atoms with van der Waals surface area (Å²) < 4.78 is 0. The van der Waals surface area contributed by atoms with Crippen LogP contribution in [-0.2, 0) is 0 Å². The maximum atomic E-state index is 5.80. The van der Waals surface area contributed by atoms with Crippen molar-refractivity contribution in [2.24, 2.45) is 11.7 Å². The minimum atomic E-state index is -0.0481. The summed E-state index contributed by atoms with van der Waals surface area (Å²) in [6.45, 7) is 8.54. The molecule has 0 unspecified atom stereocenters. The standard InChI is InChI=1S/C10H21N/c1-9(2)7-5-6-8-10(3,4)11/h5-6,9H,7-8,11H2,1-4H3/b6-5-. The van der Waals surface area contributed by atoms with Gasteiger partial charge in [-0.05, 0) is 32.6 Å². The van der Waals surface area contributed by atoms with Gasteiger partial charge in [-0.2, -0.15) is 0 Å². The molecule has 0 radical (unpaired) electrons. The van der Waals surface area contributed by atoms with Crippen LogP contribution in [-0.4, -0.2) is 5.54 Å². The molecule has 0 aromatic carbocycles. The van der Waals surface area contributed by atoms with E-state index >= 15 is 0 Å². The lowest BCUT2D eigenvalue weighted by Gasteiger charge is -2.14. The van der Waals surface area contributed by atoms with E-state index < -0.39 is 0 Å². The Labute approximate surface area is 70.7 Å². The highest BCUT2D eigenvalue weighted by Crippen LogP contribution is 2.06. The first-order valence-corrected chi connectivity index (χ1v) is 4.36. The lowest BCUT2D eigenvalue weighted by Crippen LogP contribution is -2.30. The Bertz CT molecular complexity index is 117. The molecule has 11 heavy (non-hydrogen) atoms. The van der Waals surface area contributed by atoms with Crippen molar-refractivity contribution >= 4 is 0 Å². The lowest BCUT2D eigenvalue weighted by molar-refractivity contribution is 0.526. The zero-order valence-electron chi connectivity index (χ0n) is 8.22. The molecule has 0 heterocycles. The van der Waals surface area contributed by atoms with Gasteiger partial charge in [-0.15, -0.1) is 0 Å². The highest BCUT2D eigenvalue weighted by Gasteiger charge is 2.06. The van der Waals surface area contributed by atoms with E-state index in [9.17, 15) is 0 Å². The van der Waals surface area contributed by atoms with Crippen molar-refractivity contribution < 1.29 is 0 Å². The molecule has 0 rings (SSSR count). The molecular formula is C10H21N. The summed E-state index contributed by atoms with van der Waals surface area (Å²) >= 11 is 0. The molecule has 0 aliphatic rings. The Balaban J connectivity index is 3.46. The van der Waals surface area contributed by atoms with E-state index in [0.717, 1.165) is 18.8 Å². The third-order valence-corrected chi connectivity index (χ3v) is 1.42. The van der Waals surface area contributed by atoms with Gasteiger partial charge in [-0.3, -0.25) is 0 Å². The average Bonchev–Trinajstić information content (AvgIpc) is 1.78. The van der Waals surface area contributed by atoms with Crippen molar-refractivity contribution in [2.75, 3.05) is 0 Å². The fraction of sp³-hybridized carbons (Fsp3) is 0.800. The van der Waals surface area contributed by atoms with Crippen LogP contribution in [0.25, 0.3) is 0 Å². The van der Waals surface area contributed by atoms with Gasteiger partial charge in [-0.25, -0.2) is 0 Å². The third kappa shape index (κ3) is 9.70. The Kier molecular flexibility index (Phi) is 4.43. The maximum absolute atomic E-state index is 5.80. The quantitative estimate of drug-likeness (QED) is 0.621. The van der Waals surface area contributed by atoms with Crippen LogP contribution in [0.3, 0.4) is 0 Å². The van der Waals surface area contributed by atoms with Gasteiger partial charge in [0.25, 0.3) is 0 Å². The highest BCUT2D eigenvalue weighted by atomic mass is 14.7. The molecule has 0 aliphatic heterocycles. The van der Waals surface area contributed by atoms with Crippen LogP contribution in [0.1, 0.15) is 40.5 Å². The zero-order valence-corrected chi connectivity index (χ0v) is 8.22. The smallest absolute Gasteiger partial charge is 0.0132 e. The normalized spacial score (nSPS) is 13.3. The van der Waals surface area contributed by atoms with Crippen LogP contribution in [0, 0.1) is 5.92 Å². The first-order chi connectivity index (χ1) is 4.92. The van der Waals surface area contributed by atoms with Crippen LogP contribution in [0.2, 0.25) is 0 Å². The summed E-state index contributed by atoms with van der Waals surface area (Å²) in [6, 6.07) is 0. The van der Waals surface area contributed by atoms with Gasteiger partial charge in [0.1, 0.15) is 0 Å². The number of nitrogens with two attached hydrogens (primary N) is 1. The monoisotopic (exact) mass is 155 g/mol. The average molecular weight is 155 g/mol. The van der Waals surface area contributed by atoms with Gasteiger partial charge < -0.3 is 5.73 Å². The van der Waals surface area contributed by atoms with Crippen molar-refractivity contribution in [1.82, 2.24) is 0 Å². The molecule has 0 saturated carbocycles. The molecule has 1 nitrogen and oxygen atoms in total. The summed E-state index contributed by atoms with van der Waals surface area (Å²) in [6.07, 6.45) is 6.54. The van der Waals surface area contributed by atoms with Crippen molar-refractivity contribution in [3.8, 4) is 0 Å². The fourth-order valence-electron chi connectivity index (χ4n) is 0.755. The largest absolute Gasteiger partial charge is 0.325 e. The van der Waals surface area contributed by atoms with Gasteiger partial charge in [0, 0.05) is 5.54 Å². The van der Waals surface area contributed by atoms with Crippen molar-refractivity contribution in [3.05, 3.63) is 12.2 Å². The predicted molar refractivity (Wildman–Crippen MR) is 51.5 cm³/mol. The molecule has 0 aromatic heterocycles. The second kappa shape index (κ2) is 4.55. The summed E-state index contributed by atoms with van der Waals surface area (Å²) in [4.78, 5) is 0. The molecule has 2 N–H and O–H groups in total. The highest BCUT2D eigenvalue weighted by molar-refractivity contribution is 4.89. The van der Waals surface area contributed by atoms with Crippen LogP contribution < -0.4 is 5.73 Å². The van der Waals surface area contributed by atoms with E-state index in [1.54, 1.807) is 0 Å². The van der Waals surface area contributed by atoms with E-state index in [2.05, 4.69) is 26.0 Å². The summed E-state index contributed by atoms with van der Waals surface area (Å²) in [5, 5.41) is 0. The molecule has 0 saturated heterocycles. The van der Waals surface area contributed by atoms with Crippen LogP contribution in [0.15, 0.2) is 12.2 Å². The van der Waals surface area contributed by atoms with Crippen molar-refractivity contribution in [1.29, 1.82) is 0 Å². The molecular weight excluding hydrogens is 134 g/mol. The SMILES string of the molecule is CC(C)C/C=C\CC(C)(C)N. The molecule has 66 valence electrons. The molecule has 0 bridgehead atoms. The number of allylic oxidation sites excluding steroid dienone is 1. The molecule has 0 amide bonds. The van der Waals surface area contributed by atoms with E-state index in [1.807, 2.05) is 13.8 Å². The Morgan fingerprint density at radius 1 is 1.27 bits per heavy atom. The van der Waals surface area contributed by atoms with E-state index in [0.29, 0.717) is 0 Å². The Morgan fingerprint density at radius 2 is 1.82 bits per heavy atom. The van der Waals surface area contributed by atoms with Gasteiger partial charge in [0.2, 0.25) is 0 Å². The maximum Gasteiger partial charge on any atom is 0.0132 e. The topological polar surface area (TPSA) is 26.0 Å². The zero-order chi connectivity index (χ0) is 8.91. The Morgan fingerprint density at radius 3 is 2.18 bits per heavy atom. The van der Waals surface area contributed by atoms with Crippen LogP contribution in [0.4, 0.5) is 0 Å². The summed E-state index contributed by atoms with van der Waals surface area (Å²) in [5.74, 6) is 0.757. The summed E-state index contributed by atoms with van der Waals surface area (Å²) in [5.41, 5.74) is 5.75. The van der Waals surface area contributed by atoms with Crippen LogP contribution in [0.5, 0.6) is 0 Å². The number of hydrogen-bond donors (Lipinski definition) is 1. The predicted octanol–water partition coefficient (Wildman–Crippen LogP) is 2.72. The van der Waals surface area contributed by atoms with Crippen molar-refractivity contribution in [2.45, 2.75) is 46.1 Å². The lowest BCUT2D eigenvalue weighted by atomic mass is 10.0. The minimum Gasteiger partial charge on any atom is -0.325 e. The number of hydrogen-bond acceptors (Lipinski definition) is 1. The molecule has 0 aromatic rings. The molecule has 1 heteroatoms. The molecule has 0 spiro atoms. The summed E-state index contributed by atoms with van der Waals surface area (Å²) in [7, 11) is 0. The molecule has 0 fully saturated rings. The number of rotatable bonds is 4. The van der Waals surface area contributed by atoms with E-state index in [-0.39, 0.29) is 5.54 Å². The Hall–Kier alpha value is -0.300. The first-order valence-electron chi connectivity index (χ1n) is 4.36. The van der Waals surface area contributed by atoms with E-state index in [1.165, 1.54) is 0 Å². The fourth-order valence-corrected chi connectivity index (χ4v) is 0.755.